The number of rotatable bonds is 5. The molecule has 4 nitrogen and oxygen atoms in total. The lowest BCUT2D eigenvalue weighted by Crippen LogP contribution is -2.41. The van der Waals surface area contributed by atoms with Gasteiger partial charge < -0.3 is 15.2 Å². The summed E-state index contributed by atoms with van der Waals surface area (Å²) >= 11 is 0. The van der Waals surface area contributed by atoms with Crippen LogP contribution in [0.3, 0.4) is 0 Å². The highest BCUT2D eigenvalue weighted by molar-refractivity contribution is 5.68. The summed E-state index contributed by atoms with van der Waals surface area (Å²) in [5.41, 5.74) is -0.290. The highest BCUT2D eigenvalue weighted by Crippen LogP contribution is 2.12. The van der Waals surface area contributed by atoms with Gasteiger partial charge in [0.05, 0.1) is 12.7 Å². The van der Waals surface area contributed by atoms with Gasteiger partial charge in [-0.05, 0) is 33.6 Å². The first-order valence-corrected chi connectivity index (χ1v) is 5.93. The van der Waals surface area contributed by atoms with Gasteiger partial charge in [-0.3, -0.25) is 0 Å². The van der Waals surface area contributed by atoms with E-state index in [0.29, 0.717) is 6.42 Å². The Labute approximate surface area is 98.4 Å². The van der Waals surface area contributed by atoms with E-state index < -0.39 is 12.2 Å². The predicted molar refractivity (Wildman–Crippen MR) is 64.3 cm³/mol. The number of aliphatic hydroxyl groups is 1. The first-order valence-electron chi connectivity index (χ1n) is 5.93. The topological polar surface area (TPSA) is 58.6 Å². The molecule has 0 aromatic rings. The van der Waals surface area contributed by atoms with Crippen LogP contribution in [0.2, 0.25) is 0 Å². The molecule has 0 saturated heterocycles. The molecule has 96 valence electrons. The fourth-order valence-corrected chi connectivity index (χ4v) is 1.36. The van der Waals surface area contributed by atoms with E-state index in [1.54, 1.807) is 0 Å². The van der Waals surface area contributed by atoms with Crippen LogP contribution in [0, 0.1) is 5.92 Å². The maximum atomic E-state index is 11.4. The lowest BCUT2D eigenvalue weighted by molar-refractivity contribution is 0.0472. The van der Waals surface area contributed by atoms with Gasteiger partial charge in [-0.2, -0.15) is 0 Å². The third-order valence-electron chi connectivity index (χ3n) is 2.39. The van der Waals surface area contributed by atoms with Crippen molar-refractivity contribution >= 4 is 6.09 Å². The van der Waals surface area contributed by atoms with Gasteiger partial charge in [-0.15, -0.1) is 0 Å². The normalized spacial score (nSPS) is 15.4. The third-order valence-corrected chi connectivity index (χ3v) is 2.39. The zero-order valence-electron chi connectivity index (χ0n) is 11.0. The Hall–Kier alpha value is -0.770. The standard InChI is InChI=1S/C12H25NO3/c1-6-9(10(14)7-2)8-16-11(15)13-12(3,4)5/h9-10,14H,6-8H2,1-5H3,(H,13,15). The maximum Gasteiger partial charge on any atom is 0.407 e. The SMILES string of the molecule is CCC(O)C(CC)COC(=O)NC(C)(C)C. The first-order chi connectivity index (χ1) is 7.30. The fraction of sp³-hybridized carbons (Fsp3) is 0.917. The molecule has 16 heavy (non-hydrogen) atoms. The van der Waals surface area contributed by atoms with Gasteiger partial charge in [0.1, 0.15) is 0 Å². The number of alkyl carbamates (subject to hydrolysis) is 1. The van der Waals surface area contributed by atoms with Crippen LogP contribution >= 0.6 is 0 Å². The lowest BCUT2D eigenvalue weighted by Gasteiger charge is -2.23. The van der Waals surface area contributed by atoms with Gasteiger partial charge in [-0.25, -0.2) is 4.79 Å². The van der Waals surface area contributed by atoms with Crippen molar-refractivity contribution in [1.29, 1.82) is 0 Å². The van der Waals surface area contributed by atoms with Gasteiger partial charge in [0, 0.05) is 11.5 Å². The second-order valence-electron chi connectivity index (χ2n) is 5.12. The Balaban J connectivity index is 3.98. The van der Waals surface area contributed by atoms with Crippen molar-refractivity contribution in [1.82, 2.24) is 5.32 Å². The molecule has 1 amide bonds. The average molecular weight is 231 g/mol. The molecule has 0 aromatic heterocycles. The van der Waals surface area contributed by atoms with Crippen LogP contribution < -0.4 is 5.32 Å². The van der Waals surface area contributed by atoms with Crippen LogP contribution in [0.5, 0.6) is 0 Å². The fourth-order valence-electron chi connectivity index (χ4n) is 1.36. The highest BCUT2D eigenvalue weighted by Gasteiger charge is 2.19. The average Bonchev–Trinajstić information content (AvgIpc) is 2.15. The van der Waals surface area contributed by atoms with E-state index in [1.165, 1.54) is 0 Å². The van der Waals surface area contributed by atoms with Crippen LogP contribution in [0.25, 0.3) is 0 Å². The van der Waals surface area contributed by atoms with Crippen molar-refractivity contribution in [2.24, 2.45) is 5.92 Å². The van der Waals surface area contributed by atoms with Gasteiger partial charge >= 0.3 is 6.09 Å². The Morgan fingerprint density at radius 3 is 2.25 bits per heavy atom. The summed E-state index contributed by atoms with van der Waals surface area (Å²) in [6.45, 7) is 9.86. The van der Waals surface area contributed by atoms with Gasteiger partial charge in [0.25, 0.3) is 0 Å². The summed E-state index contributed by atoms with van der Waals surface area (Å²) in [6, 6.07) is 0. The second kappa shape index (κ2) is 6.74. The van der Waals surface area contributed by atoms with E-state index in [9.17, 15) is 9.90 Å². The molecule has 2 atom stereocenters. The van der Waals surface area contributed by atoms with Crippen LogP contribution in [-0.2, 0) is 4.74 Å². The van der Waals surface area contributed by atoms with Crippen molar-refractivity contribution < 1.29 is 14.6 Å². The van der Waals surface area contributed by atoms with Crippen molar-refractivity contribution in [3.63, 3.8) is 0 Å². The summed E-state index contributed by atoms with van der Waals surface area (Å²) in [5.74, 6) is 0.0238. The summed E-state index contributed by atoms with van der Waals surface area (Å²) in [4.78, 5) is 11.4. The Kier molecular flexibility index (Phi) is 6.41. The predicted octanol–water partition coefficient (Wildman–Crippen LogP) is 2.31. The molecule has 0 fully saturated rings. The van der Waals surface area contributed by atoms with Gasteiger partial charge in [0.2, 0.25) is 0 Å². The zero-order chi connectivity index (χ0) is 12.8. The molecule has 0 radical (unpaired) electrons. The number of amides is 1. The molecule has 0 aliphatic heterocycles. The molecule has 2 unspecified atom stereocenters. The van der Waals surface area contributed by atoms with Crippen LogP contribution in [0.1, 0.15) is 47.5 Å². The summed E-state index contributed by atoms with van der Waals surface area (Å²) in [5, 5.41) is 12.4. The van der Waals surface area contributed by atoms with E-state index in [1.807, 2.05) is 34.6 Å². The smallest absolute Gasteiger partial charge is 0.407 e. The number of nitrogens with one attached hydrogen (secondary N) is 1. The van der Waals surface area contributed by atoms with E-state index in [4.69, 9.17) is 4.74 Å². The molecular formula is C12H25NO3. The zero-order valence-corrected chi connectivity index (χ0v) is 11.0. The molecular weight excluding hydrogens is 206 g/mol. The van der Waals surface area contributed by atoms with Gasteiger partial charge in [0.15, 0.2) is 0 Å². The molecule has 0 rings (SSSR count). The van der Waals surface area contributed by atoms with E-state index >= 15 is 0 Å². The van der Waals surface area contributed by atoms with Gasteiger partial charge in [-0.1, -0.05) is 13.8 Å². The largest absolute Gasteiger partial charge is 0.449 e. The quantitative estimate of drug-likeness (QED) is 0.763. The van der Waals surface area contributed by atoms with Crippen LogP contribution in [0.15, 0.2) is 0 Å². The molecule has 4 heteroatoms. The van der Waals surface area contributed by atoms with Crippen LogP contribution in [0.4, 0.5) is 4.79 Å². The molecule has 2 N–H and O–H groups in total. The minimum Gasteiger partial charge on any atom is -0.449 e. The second-order valence-corrected chi connectivity index (χ2v) is 5.12. The monoisotopic (exact) mass is 231 g/mol. The van der Waals surface area contributed by atoms with Crippen molar-refractivity contribution in [3.8, 4) is 0 Å². The highest BCUT2D eigenvalue weighted by atomic mass is 16.5. The lowest BCUT2D eigenvalue weighted by atomic mass is 9.99. The van der Waals surface area contributed by atoms with E-state index in [0.717, 1.165) is 6.42 Å². The van der Waals surface area contributed by atoms with Crippen molar-refractivity contribution in [2.45, 2.75) is 59.1 Å². The molecule has 0 aromatic carbocycles. The number of hydrogen-bond acceptors (Lipinski definition) is 3. The number of carbonyl (C=O) groups is 1. The number of hydrogen-bond donors (Lipinski definition) is 2. The number of aliphatic hydroxyl groups excluding tert-OH is 1. The maximum absolute atomic E-state index is 11.4. The molecule has 0 spiro atoms. The third kappa shape index (κ3) is 6.67. The Morgan fingerprint density at radius 1 is 1.31 bits per heavy atom. The molecule has 0 aliphatic carbocycles. The molecule has 0 heterocycles. The minimum atomic E-state index is -0.422. The van der Waals surface area contributed by atoms with Crippen LogP contribution in [-0.4, -0.2) is 29.4 Å². The Bertz CT molecular complexity index is 211. The summed E-state index contributed by atoms with van der Waals surface area (Å²) in [7, 11) is 0. The summed E-state index contributed by atoms with van der Waals surface area (Å²) < 4.78 is 5.08. The first kappa shape index (κ1) is 15.2. The molecule has 0 aliphatic rings. The number of ether oxygens (including phenoxy) is 1. The minimum absolute atomic E-state index is 0.0238. The van der Waals surface area contributed by atoms with Crippen molar-refractivity contribution in [3.05, 3.63) is 0 Å². The van der Waals surface area contributed by atoms with E-state index in [2.05, 4.69) is 5.32 Å². The Morgan fingerprint density at radius 2 is 1.88 bits per heavy atom. The van der Waals surface area contributed by atoms with Crippen molar-refractivity contribution in [2.75, 3.05) is 6.61 Å². The molecule has 0 bridgehead atoms. The number of carbonyl (C=O) groups excluding carboxylic acids is 1. The summed E-state index contributed by atoms with van der Waals surface area (Å²) in [6.07, 6.45) is 0.669. The molecule has 0 saturated carbocycles. The van der Waals surface area contributed by atoms with E-state index in [-0.39, 0.29) is 18.1 Å².